The minimum Gasteiger partial charge on any atom is -0.378 e. The average molecular weight is 348 g/mol. The average Bonchev–Trinajstić information content (AvgIpc) is 2.63. The Morgan fingerprint density at radius 3 is 2.75 bits per heavy atom. The molecule has 1 aromatic carbocycles. The SMILES string of the molecule is O=C(CSCC(=O)N1CCOCC1)Nc1cccc2c1CCCC2. The number of amides is 2. The van der Waals surface area contributed by atoms with Crippen molar-refractivity contribution >= 4 is 29.3 Å². The molecule has 0 spiro atoms. The first kappa shape index (κ1) is 17.3. The van der Waals surface area contributed by atoms with Crippen LogP contribution in [0.2, 0.25) is 0 Å². The van der Waals surface area contributed by atoms with Crippen molar-refractivity contribution in [3.63, 3.8) is 0 Å². The van der Waals surface area contributed by atoms with Crippen LogP contribution in [0, 0.1) is 0 Å². The van der Waals surface area contributed by atoms with Crippen LogP contribution in [0.25, 0.3) is 0 Å². The summed E-state index contributed by atoms with van der Waals surface area (Å²) in [4.78, 5) is 26.0. The summed E-state index contributed by atoms with van der Waals surface area (Å²) in [5.41, 5.74) is 3.58. The lowest BCUT2D eigenvalue weighted by Gasteiger charge is -2.26. The first-order valence-electron chi connectivity index (χ1n) is 8.58. The molecule has 1 heterocycles. The van der Waals surface area contributed by atoms with Gasteiger partial charge in [0.1, 0.15) is 0 Å². The molecule has 130 valence electrons. The lowest BCUT2D eigenvalue weighted by Crippen LogP contribution is -2.41. The van der Waals surface area contributed by atoms with Gasteiger partial charge < -0.3 is 15.0 Å². The standard InChI is InChI=1S/C18H24N2O3S/c21-17(12-24-13-18(22)20-8-10-23-11-9-20)19-16-7-3-5-14-4-1-2-6-15(14)16/h3,5,7H,1-2,4,6,8-13H2,(H,19,21). The minimum absolute atomic E-state index is 0.0336. The van der Waals surface area contributed by atoms with E-state index in [2.05, 4.69) is 11.4 Å². The molecule has 1 aliphatic heterocycles. The second-order valence-electron chi connectivity index (χ2n) is 6.18. The smallest absolute Gasteiger partial charge is 0.234 e. The van der Waals surface area contributed by atoms with Crippen LogP contribution < -0.4 is 5.32 Å². The highest BCUT2D eigenvalue weighted by molar-refractivity contribution is 8.00. The molecule has 0 radical (unpaired) electrons. The third kappa shape index (κ3) is 4.51. The second-order valence-corrected chi connectivity index (χ2v) is 7.17. The lowest BCUT2D eigenvalue weighted by atomic mass is 9.90. The van der Waals surface area contributed by atoms with Crippen molar-refractivity contribution in [1.29, 1.82) is 0 Å². The number of carbonyl (C=O) groups excluding carboxylic acids is 2. The van der Waals surface area contributed by atoms with E-state index in [1.807, 2.05) is 17.0 Å². The number of nitrogens with zero attached hydrogens (tertiary/aromatic N) is 1. The first-order chi connectivity index (χ1) is 11.7. The molecule has 6 heteroatoms. The molecule has 0 aromatic heterocycles. The summed E-state index contributed by atoms with van der Waals surface area (Å²) in [5.74, 6) is 0.710. The maximum atomic E-state index is 12.2. The number of hydrogen-bond donors (Lipinski definition) is 1. The molecule has 1 saturated heterocycles. The number of thioether (sulfide) groups is 1. The van der Waals surface area contributed by atoms with Gasteiger partial charge in [0.2, 0.25) is 11.8 Å². The molecule has 1 aromatic rings. The Bertz CT molecular complexity index is 600. The molecule has 0 unspecified atom stereocenters. The fraction of sp³-hybridized carbons (Fsp3) is 0.556. The number of anilines is 1. The Balaban J connectivity index is 1.45. The summed E-state index contributed by atoms with van der Waals surface area (Å²) in [6.07, 6.45) is 4.54. The number of rotatable bonds is 5. The predicted molar refractivity (Wildman–Crippen MR) is 96.4 cm³/mol. The molecule has 3 rings (SSSR count). The van der Waals surface area contributed by atoms with Crippen LogP contribution >= 0.6 is 11.8 Å². The van der Waals surface area contributed by atoms with Crippen molar-refractivity contribution in [2.75, 3.05) is 43.1 Å². The number of fused-ring (bicyclic) bond motifs is 1. The Kier molecular flexibility index (Phi) is 6.15. The van der Waals surface area contributed by atoms with E-state index in [4.69, 9.17) is 4.74 Å². The maximum absolute atomic E-state index is 12.2. The highest BCUT2D eigenvalue weighted by Crippen LogP contribution is 2.27. The van der Waals surface area contributed by atoms with Crippen LogP contribution in [0.4, 0.5) is 5.69 Å². The molecule has 0 saturated carbocycles. The van der Waals surface area contributed by atoms with E-state index in [0.29, 0.717) is 37.8 Å². The first-order valence-corrected chi connectivity index (χ1v) is 9.73. The number of nitrogens with one attached hydrogen (secondary N) is 1. The second kappa shape index (κ2) is 8.53. The Hall–Kier alpha value is -1.53. The van der Waals surface area contributed by atoms with Gasteiger partial charge in [-0.2, -0.15) is 0 Å². The summed E-state index contributed by atoms with van der Waals surface area (Å²) in [6.45, 7) is 2.52. The van der Waals surface area contributed by atoms with E-state index in [0.717, 1.165) is 18.5 Å². The third-order valence-electron chi connectivity index (χ3n) is 4.49. The van der Waals surface area contributed by atoms with Crippen LogP contribution in [0.1, 0.15) is 24.0 Å². The van der Waals surface area contributed by atoms with Crippen molar-refractivity contribution in [2.24, 2.45) is 0 Å². The summed E-state index contributed by atoms with van der Waals surface area (Å²) in [7, 11) is 0. The van der Waals surface area contributed by atoms with Crippen molar-refractivity contribution < 1.29 is 14.3 Å². The predicted octanol–water partition coefficient (Wildman–Crippen LogP) is 2.10. The van der Waals surface area contributed by atoms with Gasteiger partial charge in [-0.15, -0.1) is 11.8 Å². The molecule has 1 fully saturated rings. The zero-order chi connectivity index (χ0) is 16.8. The summed E-state index contributed by atoms with van der Waals surface area (Å²) in [6, 6.07) is 6.14. The topological polar surface area (TPSA) is 58.6 Å². The zero-order valence-electron chi connectivity index (χ0n) is 13.9. The van der Waals surface area contributed by atoms with Gasteiger partial charge >= 0.3 is 0 Å². The molecule has 5 nitrogen and oxygen atoms in total. The molecular weight excluding hydrogens is 324 g/mol. The number of aryl methyl sites for hydroxylation is 1. The molecular formula is C18H24N2O3S. The van der Waals surface area contributed by atoms with E-state index in [9.17, 15) is 9.59 Å². The maximum Gasteiger partial charge on any atom is 0.234 e. The number of hydrogen-bond acceptors (Lipinski definition) is 4. The minimum atomic E-state index is -0.0336. The fourth-order valence-electron chi connectivity index (χ4n) is 3.22. The summed E-state index contributed by atoms with van der Waals surface area (Å²) in [5, 5.41) is 3.02. The lowest BCUT2D eigenvalue weighted by molar-refractivity contribution is -0.132. The third-order valence-corrected chi connectivity index (χ3v) is 5.41. The molecule has 1 N–H and O–H groups in total. The number of benzene rings is 1. The largest absolute Gasteiger partial charge is 0.378 e. The van der Waals surface area contributed by atoms with Crippen LogP contribution in [0.15, 0.2) is 18.2 Å². The molecule has 24 heavy (non-hydrogen) atoms. The normalized spacial score (nSPS) is 17.2. The summed E-state index contributed by atoms with van der Waals surface area (Å²) >= 11 is 1.38. The Labute approximate surface area is 147 Å². The van der Waals surface area contributed by atoms with Gasteiger partial charge in [0.05, 0.1) is 24.7 Å². The summed E-state index contributed by atoms with van der Waals surface area (Å²) < 4.78 is 5.24. The molecule has 2 amide bonds. The molecule has 2 aliphatic rings. The van der Waals surface area contributed by atoms with Gasteiger partial charge in [-0.05, 0) is 42.9 Å². The van der Waals surface area contributed by atoms with Crippen LogP contribution in [0.5, 0.6) is 0 Å². The Morgan fingerprint density at radius 1 is 1.12 bits per heavy atom. The molecule has 0 atom stereocenters. The number of morpholine rings is 1. The van der Waals surface area contributed by atoms with Gasteiger partial charge in [0.25, 0.3) is 0 Å². The van der Waals surface area contributed by atoms with Crippen molar-refractivity contribution in [3.8, 4) is 0 Å². The van der Waals surface area contributed by atoms with Gasteiger partial charge in [0, 0.05) is 18.8 Å². The van der Waals surface area contributed by atoms with E-state index in [1.165, 1.54) is 35.7 Å². The van der Waals surface area contributed by atoms with E-state index in [-0.39, 0.29) is 11.8 Å². The van der Waals surface area contributed by atoms with Crippen molar-refractivity contribution in [1.82, 2.24) is 4.90 Å². The van der Waals surface area contributed by atoms with Crippen molar-refractivity contribution in [2.45, 2.75) is 25.7 Å². The Morgan fingerprint density at radius 2 is 1.92 bits per heavy atom. The van der Waals surface area contributed by atoms with Gasteiger partial charge in [-0.3, -0.25) is 9.59 Å². The van der Waals surface area contributed by atoms with E-state index >= 15 is 0 Å². The van der Waals surface area contributed by atoms with Gasteiger partial charge in [-0.25, -0.2) is 0 Å². The van der Waals surface area contributed by atoms with Crippen LogP contribution in [0.3, 0.4) is 0 Å². The van der Waals surface area contributed by atoms with Gasteiger partial charge in [0.15, 0.2) is 0 Å². The van der Waals surface area contributed by atoms with Gasteiger partial charge in [-0.1, -0.05) is 12.1 Å². The number of ether oxygens (including phenoxy) is 1. The molecule has 1 aliphatic carbocycles. The highest BCUT2D eigenvalue weighted by Gasteiger charge is 2.18. The van der Waals surface area contributed by atoms with Crippen LogP contribution in [-0.4, -0.2) is 54.5 Å². The van der Waals surface area contributed by atoms with E-state index < -0.39 is 0 Å². The fourth-order valence-corrected chi connectivity index (χ4v) is 3.94. The van der Waals surface area contributed by atoms with Crippen LogP contribution in [-0.2, 0) is 27.2 Å². The molecule has 0 bridgehead atoms. The van der Waals surface area contributed by atoms with E-state index in [1.54, 1.807) is 0 Å². The van der Waals surface area contributed by atoms with Crippen molar-refractivity contribution in [3.05, 3.63) is 29.3 Å². The number of carbonyl (C=O) groups is 2. The monoisotopic (exact) mass is 348 g/mol. The highest BCUT2D eigenvalue weighted by atomic mass is 32.2. The quantitative estimate of drug-likeness (QED) is 0.885. The zero-order valence-corrected chi connectivity index (χ0v) is 14.7.